The molecule has 3 heterocycles. The van der Waals surface area contributed by atoms with E-state index in [0.29, 0.717) is 13.1 Å². The highest BCUT2D eigenvalue weighted by molar-refractivity contribution is 7.12. The van der Waals surface area contributed by atoms with Crippen molar-refractivity contribution in [2.45, 2.75) is 31.8 Å². The highest BCUT2D eigenvalue weighted by Crippen LogP contribution is 2.21. The maximum absolute atomic E-state index is 12.4. The Morgan fingerprint density at radius 1 is 1.36 bits per heavy atom. The summed E-state index contributed by atoms with van der Waals surface area (Å²) in [4.78, 5) is 27.2. The molecule has 0 saturated carbocycles. The van der Waals surface area contributed by atoms with Crippen molar-refractivity contribution in [3.63, 3.8) is 0 Å². The van der Waals surface area contributed by atoms with E-state index in [1.54, 1.807) is 0 Å². The summed E-state index contributed by atoms with van der Waals surface area (Å²) in [5, 5.41) is 4.89. The number of piperidine rings is 1. The normalized spacial score (nSPS) is 25.2. The minimum atomic E-state index is -0.0981. The van der Waals surface area contributed by atoms with Crippen molar-refractivity contribution in [3.8, 4) is 0 Å². The third kappa shape index (κ3) is 3.67. The largest absolute Gasteiger partial charge is 0.376 e. The Balaban J connectivity index is 1.51. The summed E-state index contributed by atoms with van der Waals surface area (Å²) in [5.41, 5.74) is 0. The lowest BCUT2D eigenvalue weighted by atomic mass is 9.97. The third-order valence-electron chi connectivity index (χ3n) is 4.34. The first-order valence-corrected chi connectivity index (χ1v) is 8.84. The lowest BCUT2D eigenvalue weighted by Crippen LogP contribution is -2.46. The predicted octanol–water partition coefficient (Wildman–Crippen LogP) is 1.90. The summed E-state index contributed by atoms with van der Waals surface area (Å²) in [6.45, 7) is 2.65. The van der Waals surface area contributed by atoms with E-state index in [1.807, 2.05) is 22.4 Å². The Bertz CT molecular complexity index is 511. The zero-order valence-electron chi connectivity index (χ0n) is 12.6. The molecule has 2 aliphatic rings. The molecule has 0 unspecified atom stereocenters. The average molecular weight is 322 g/mol. The summed E-state index contributed by atoms with van der Waals surface area (Å²) in [7, 11) is 0. The molecule has 0 aliphatic carbocycles. The first kappa shape index (κ1) is 15.5. The van der Waals surface area contributed by atoms with Crippen molar-refractivity contribution in [3.05, 3.63) is 22.4 Å². The van der Waals surface area contributed by atoms with Crippen molar-refractivity contribution in [1.82, 2.24) is 10.2 Å². The number of nitrogens with zero attached hydrogens (tertiary/aromatic N) is 1. The van der Waals surface area contributed by atoms with E-state index in [1.165, 1.54) is 11.3 Å². The number of thiophene rings is 1. The van der Waals surface area contributed by atoms with Crippen LogP contribution < -0.4 is 5.32 Å². The van der Waals surface area contributed by atoms with Crippen LogP contribution in [-0.4, -0.2) is 49.1 Å². The van der Waals surface area contributed by atoms with Crippen LogP contribution in [0.3, 0.4) is 0 Å². The van der Waals surface area contributed by atoms with Crippen molar-refractivity contribution in [2.75, 3.05) is 26.2 Å². The van der Waals surface area contributed by atoms with Gasteiger partial charge < -0.3 is 15.0 Å². The van der Waals surface area contributed by atoms with Gasteiger partial charge in [-0.05, 0) is 37.1 Å². The number of likely N-dealkylation sites (tertiary alicyclic amines) is 1. The van der Waals surface area contributed by atoms with E-state index in [4.69, 9.17) is 4.74 Å². The van der Waals surface area contributed by atoms with Crippen LogP contribution in [0.4, 0.5) is 0 Å². The smallest absolute Gasteiger partial charge is 0.263 e. The Morgan fingerprint density at radius 3 is 3.00 bits per heavy atom. The molecule has 6 heteroatoms. The molecule has 3 rings (SSSR count). The zero-order valence-corrected chi connectivity index (χ0v) is 13.4. The first-order valence-electron chi connectivity index (χ1n) is 7.96. The van der Waals surface area contributed by atoms with Gasteiger partial charge in [0.1, 0.15) is 0 Å². The lowest BCUT2D eigenvalue weighted by Gasteiger charge is -2.32. The van der Waals surface area contributed by atoms with Crippen LogP contribution in [0.2, 0.25) is 0 Å². The fraction of sp³-hybridized carbons (Fsp3) is 0.625. The van der Waals surface area contributed by atoms with Crippen molar-refractivity contribution >= 4 is 23.2 Å². The van der Waals surface area contributed by atoms with Crippen LogP contribution in [0.1, 0.15) is 35.4 Å². The van der Waals surface area contributed by atoms with Crippen molar-refractivity contribution in [2.24, 2.45) is 5.92 Å². The highest BCUT2D eigenvalue weighted by atomic mass is 32.1. The molecule has 22 heavy (non-hydrogen) atoms. The molecule has 2 atom stereocenters. The molecule has 1 aromatic rings. The Morgan fingerprint density at radius 2 is 2.27 bits per heavy atom. The fourth-order valence-electron chi connectivity index (χ4n) is 3.10. The number of carbonyl (C=O) groups is 2. The standard InChI is InChI=1S/C16H22N2O3S/c19-15(17-10-13-5-2-8-21-13)12-4-1-7-18(11-12)16(20)14-6-3-9-22-14/h3,6,9,12-13H,1-2,4-5,7-8,10-11H2,(H,17,19)/t12-,13+/m0/s1. The van der Waals surface area contributed by atoms with Gasteiger partial charge in [-0.3, -0.25) is 9.59 Å². The summed E-state index contributed by atoms with van der Waals surface area (Å²) in [6, 6.07) is 3.72. The molecular weight excluding hydrogens is 300 g/mol. The van der Waals surface area contributed by atoms with E-state index < -0.39 is 0 Å². The second-order valence-electron chi connectivity index (χ2n) is 5.95. The molecular formula is C16H22N2O3S. The SMILES string of the molecule is O=C(NC[C@H]1CCCO1)[C@H]1CCCN(C(=O)c2cccs2)C1. The van der Waals surface area contributed by atoms with Gasteiger partial charge in [0, 0.05) is 26.2 Å². The molecule has 2 amide bonds. The second-order valence-corrected chi connectivity index (χ2v) is 6.90. The Kier molecular flexibility index (Phi) is 5.10. The van der Waals surface area contributed by atoms with Gasteiger partial charge in [-0.25, -0.2) is 0 Å². The van der Waals surface area contributed by atoms with Crippen LogP contribution in [-0.2, 0) is 9.53 Å². The van der Waals surface area contributed by atoms with Gasteiger partial charge >= 0.3 is 0 Å². The number of hydrogen-bond donors (Lipinski definition) is 1. The van der Waals surface area contributed by atoms with Crippen LogP contribution >= 0.6 is 11.3 Å². The van der Waals surface area contributed by atoms with Gasteiger partial charge in [0.15, 0.2) is 0 Å². The van der Waals surface area contributed by atoms with E-state index >= 15 is 0 Å². The molecule has 2 aliphatic heterocycles. The quantitative estimate of drug-likeness (QED) is 0.921. The van der Waals surface area contributed by atoms with Gasteiger partial charge in [0.25, 0.3) is 5.91 Å². The van der Waals surface area contributed by atoms with Crippen LogP contribution in [0, 0.1) is 5.92 Å². The van der Waals surface area contributed by atoms with Crippen LogP contribution in [0.25, 0.3) is 0 Å². The molecule has 120 valence electrons. The van der Waals surface area contributed by atoms with Gasteiger partial charge in [0.2, 0.25) is 5.91 Å². The molecule has 5 nitrogen and oxygen atoms in total. The van der Waals surface area contributed by atoms with Crippen molar-refractivity contribution < 1.29 is 14.3 Å². The zero-order chi connectivity index (χ0) is 15.4. The topological polar surface area (TPSA) is 58.6 Å². The fourth-order valence-corrected chi connectivity index (χ4v) is 3.79. The van der Waals surface area contributed by atoms with E-state index in [0.717, 1.165) is 43.7 Å². The van der Waals surface area contributed by atoms with Gasteiger partial charge in [-0.15, -0.1) is 11.3 Å². The van der Waals surface area contributed by atoms with E-state index in [9.17, 15) is 9.59 Å². The minimum absolute atomic E-state index is 0.0478. The van der Waals surface area contributed by atoms with E-state index in [-0.39, 0.29) is 23.8 Å². The van der Waals surface area contributed by atoms with Gasteiger partial charge in [-0.1, -0.05) is 6.07 Å². The predicted molar refractivity (Wildman–Crippen MR) is 84.9 cm³/mol. The number of ether oxygens (including phenoxy) is 1. The molecule has 1 N–H and O–H groups in total. The summed E-state index contributed by atoms with van der Waals surface area (Å²) in [6.07, 6.45) is 4.00. The molecule has 0 aromatic carbocycles. The number of hydrogen-bond acceptors (Lipinski definition) is 4. The number of rotatable bonds is 4. The van der Waals surface area contributed by atoms with Crippen LogP contribution in [0.15, 0.2) is 17.5 Å². The summed E-state index contributed by atoms with van der Waals surface area (Å²) >= 11 is 1.45. The van der Waals surface area contributed by atoms with Crippen LogP contribution in [0.5, 0.6) is 0 Å². The molecule has 0 radical (unpaired) electrons. The maximum atomic E-state index is 12.4. The van der Waals surface area contributed by atoms with E-state index in [2.05, 4.69) is 5.32 Å². The van der Waals surface area contributed by atoms with Gasteiger partial charge in [0.05, 0.1) is 16.9 Å². The molecule has 1 aromatic heterocycles. The second kappa shape index (κ2) is 7.24. The molecule has 2 fully saturated rings. The number of nitrogens with one attached hydrogen (secondary N) is 1. The number of amides is 2. The Hall–Kier alpha value is -1.40. The molecule has 2 saturated heterocycles. The molecule has 0 spiro atoms. The Labute approximate surface area is 134 Å². The maximum Gasteiger partial charge on any atom is 0.263 e. The first-order chi connectivity index (χ1) is 10.7. The third-order valence-corrected chi connectivity index (χ3v) is 5.20. The average Bonchev–Trinajstić information content (AvgIpc) is 3.25. The monoisotopic (exact) mass is 322 g/mol. The minimum Gasteiger partial charge on any atom is -0.376 e. The summed E-state index contributed by atoms with van der Waals surface area (Å²) in [5.74, 6) is 0.00451. The molecule has 0 bridgehead atoms. The number of carbonyl (C=O) groups excluding carboxylic acids is 2. The lowest BCUT2D eigenvalue weighted by molar-refractivity contribution is -0.126. The van der Waals surface area contributed by atoms with Gasteiger partial charge in [-0.2, -0.15) is 0 Å². The summed E-state index contributed by atoms with van der Waals surface area (Å²) < 4.78 is 5.52. The highest BCUT2D eigenvalue weighted by Gasteiger charge is 2.29. The van der Waals surface area contributed by atoms with Crippen molar-refractivity contribution in [1.29, 1.82) is 0 Å².